The van der Waals surface area contributed by atoms with E-state index in [4.69, 9.17) is 4.42 Å². The van der Waals surface area contributed by atoms with Gasteiger partial charge in [-0.25, -0.2) is 0 Å². The number of para-hydroxylation sites is 2. The monoisotopic (exact) mass is 1090 g/mol. The molecule has 4 heterocycles. The normalized spacial score (nSPS) is 16.5. The molecule has 0 radical (unpaired) electrons. The van der Waals surface area contributed by atoms with Gasteiger partial charge in [0.1, 0.15) is 5.58 Å². The molecule has 1 aliphatic carbocycles. The van der Waals surface area contributed by atoms with E-state index in [1.54, 1.807) is 0 Å². The highest BCUT2D eigenvalue weighted by Crippen LogP contribution is 2.54. The first-order valence-electron chi connectivity index (χ1n) is 29.9. The molecule has 0 bridgehead atoms. The fraction of sp³-hybridized carbons (Fsp3) is 0.263. The lowest BCUT2D eigenvalue weighted by Crippen LogP contribution is -2.77. The highest BCUT2D eigenvalue weighted by atomic mass is 28.3. The molecule has 3 aliphatic heterocycles. The molecule has 0 spiro atoms. The van der Waals surface area contributed by atoms with Gasteiger partial charge < -0.3 is 19.1 Å². The lowest BCUT2D eigenvalue weighted by Gasteiger charge is -2.48. The first-order valence-corrected chi connectivity index (χ1v) is 31.9. The average molecular weight is 1090 g/mol. The van der Waals surface area contributed by atoms with Crippen molar-refractivity contribution >= 4 is 114 Å². The summed E-state index contributed by atoms with van der Waals surface area (Å²) in [6.45, 7) is 30.5. The molecule has 0 saturated carbocycles. The van der Waals surface area contributed by atoms with Gasteiger partial charge in [0.2, 0.25) is 0 Å². The Morgan fingerprint density at radius 3 is 1.37 bits per heavy atom. The second-order valence-electron chi connectivity index (χ2n) is 28.4. The Balaban J connectivity index is 1.14. The van der Waals surface area contributed by atoms with Gasteiger partial charge in [-0.1, -0.05) is 223 Å². The maximum absolute atomic E-state index is 7.61. The summed E-state index contributed by atoms with van der Waals surface area (Å²) in [5.41, 5.74) is 21.5. The maximum atomic E-state index is 7.61. The van der Waals surface area contributed by atoms with E-state index in [0.717, 1.165) is 63.6 Å². The number of rotatable bonds is 5. The maximum Gasteiger partial charge on any atom is 0.297 e. The first-order chi connectivity index (χ1) is 39.1. The van der Waals surface area contributed by atoms with Gasteiger partial charge in [0.25, 0.3) is 6.71 Å². The predicted octanol–water partition coefficient (Wildman–Crippen LogP) is 15.9. The molecule has 0 amide bonds. The summed E-state index contributed by atoms with van der Waals surface area (Å²) in [4.78, 5) is 7.84. The van der Waals surface area contributed by atoms with E-state index in [2.05, 4.69) is 305 Å². The molecule has 0 saturated heterocycles. The number of benzene rings is 9. The molecule has 82 heavy (non-hydrogen) atoms. The molecule has 408 valence electrons. The van der Waals surface area contributed by atoms with E-state index < -0.39 is 8.07 Å². The number of anilines is 9. The molecule has 10 aromatic rings. The van der Waals surface area contributed by atoms with Crippen LogP contribution in [0, 0.1) is 0 Å². The third-order valence-corrected chi connectivity index (χ3v) is 24.1. The quantitative estimate of drug-likeness (QED) is 0.160. The van der Waals surface area contributed by atoms with Crippen LogP contribution >= 0.6 is 0 Å². The number of fused-ring (bicyclic) bond motifs is 9. The zero-order valence-electron chi connectivity index (χ0n) is 50.3. The Hall–Kier alpha value is -7.80. The van der Waals surface area contributed by atoms with Crippen LogP contribution in [0.2, 0.25) is 0 Å². The molecular weight excluding hydrogens is 1010 g/mol. The van der Waals surface area contributed by atoms with Crippen LogP contribution in [0.3, 0.4) is 0 Å². The summed E-state index contributed by atoms with van der Waals surface area (Å²) < 4.78 is 7.61. The van der Waals surface area contributed by atoms with Crippen molar-refractivity contribution < 1.29 is 4.42 Å². The highest BCUT2D eigenvalue weighted by molar-refractivity contribution is 7.21. The number of hydrogen-bond acceptors (Lipinski definition) is 4. The van der Waals surface area contributed by atoms with Crippen LogP contribution in [-0.4, -0.2) is 14.8 Å². The molecule has 4 nitrogen and oxygen atoms in total. The molecule has 0 fully saturated rings. The van der Waals surface area contributed by atoms with Crippen molar-refractivity contribution in [3.05, 3.63) is 228 Å². The van der Waals surface area contributed by atoms with Crippen molar-refractivity contribution in [1.29, 1.82) is 0 Å². The average Bonchev–Trinajstić information content (AvgIpc) is 2.57. The van der Waals surface area contributed by atoms with Crippen molar-refractivity contribution in [2.24, 2.45) is 0 Å². The van der Waals surface area contributed by atoms with Gasteiger partial charge in [0.15, 0.2) is 8.07 Å². The smallest absolute Gasteiger partial charge is 0.297 e. The summed E-state index contributed by atoms with van der Waals surface area (Å²) >= 11 is 0. The Kier molecular flexibility index (Phi) is 11.5. The Labute approximate surface area is 488 Å². The zero-order chi connectivity index (χ0) is 57.0. The van der Waals surface area contributed by atoms with Crippen molar-refractivity contribution in [3.8, 4) is 0 Å². The van der Waals surface area contributed by atoms with E-state index in [0.29, 0.717) is 0 Å². The van der Waals surface area contributed by atoms with Gasteiger partial charge in [-0.2, -0.15) is 0 Å². The van der Waals surface area contributed by atoms with Crippen molar-refractivity contribution in [3.63, 3.8) is 0 Å². The second-order valence-corrected chi connectivity index (χ2v) is 32.2. The van der Waals surface area contributed by atoms with Crippen LogP contribution in [-0.2, 0) is 27.1 Å². The van der Waals surface area contributed by atoms with E-state index in [1.165, 1.54) is 76.6 Å². The minimum atomic E-state index is -2.93. The summed E-state index contributed by atoms with van der Waals surface area (Å²) in [6.07, 6.45) is 2.25. The summed E-state index contributed by atoms with van der Waals surface area (Å²) in [7, 11) is -2.93. The molecule has 0 atom stereocenters. The fourth-order valence-corrected chi connectivity index (χ4v) is 19.7. The van der Waals surface area contributed by atoms with Crippen LogP contribution in [0.4, 0.5) is 51.2 Å². The summed E-state index contributed by atoms with van der Waals surface area (Å²) in [5.74, 6) is 0. The molecule has 9 aromatic carbocycles. The number of furan rings is 1. The van der Waals surface area contributed by atoms with Gasteiger partial charge >= 0.3 is 0 Å². The van der Waals surface area contributed by atoms with Crippen LogP contribution in [0.25, 0.3) is 11.0 Å². The fourth-order valence-electron chi connectivity index (χ4n) is 14.6. The van der Waals surface area contributed by atoms with Gasteiger partial charge in [-0.3, -0.25) is 0 Å². The molecule has 1 aromatic heterocycles. The standard InChI is InChI=1S/C76H76BN3OSi/c1-72(2,3)49-32-37-52(38-33-49)78-63-48-59-58(75(10,11)42-43-76(59,12)13)47-60(63)77-69-64(78)45-54(46-65(69)80(53-39-34-50(35-40-53)73(4,5)6)70-57-44-51(74(7,8)9)36-41-66(57)81-71(70)77)79-61-28-20-22-30-67(61)82(55-24-16-14-17-25-55,56-26-18-15-19-27-56)68-31-23-21-29-62(68)79/h14-41,44-48H,42-43H2,1-13H3. The Morgan fingerprint density at radius 2 is 0.854 bits per heavy atom. The van der Waals surface area contributed by atoms with E-state index >= 15 is 0 Å². The lowest BCUT2D eigenvalue weighted by atomic mass is 9.35. The minimum absolute atomic E-state index is 0.0160. The van der Waals surface area contributed by atoms with E-state index in [9.17, 15) is 0 Å². The van der Waals surface area contributed by atoms with Crippen LogP contribution in [0.15, 0.2) is 205 Å². The van der Waals surface area contributed by atoms with Crippen LogP contribution in [0.1, 0.15) is 131 Å². The molecular formula is C76H76BN3OSi. The van der Waals surface area contributed by atoms with Crippen LogP contribution < -0.4 is 52.0 Å². The minimum Gasteiger partial charge on any atom is -0.468 e. The number of hydrogen-bond donors (Lipinski definition) is 0. The molecule has 4 aliphatic rings. The molecule has 0 unspecified atom stereocenters. The van der Waals surface area contributed by atoms with Crippen LogP contribution in [0.5, 0.6) is 0 Å². The van der Waals surface area contributed by atoms with Crippen molar-refractivity contribution in [2.75, 3.05) is 14.7 Å². The van der Waals surface area contributed by atoms with Gasteiger partial charge in [0, 0.05) is 45.2 Å². The lowest BCUT2D eigenvalue weighted by molar-refractivity contribution is 0.332. The van der Waals surface area contributed by atoms with E-state index in [-0.39, 0.29) is 33.8 Å². The second kappa shape index (κ2) is 18.1. The van der Waals surface area contributed by atoms with Gasteiger partial charge in [-0.05, 0) is 166 Å². The third-order valence-electron chi connectivity index (χ3n) is 19.2. The summed E-state index contributed by atoms with van der Waals surface area (Å²) in [6, 6.07) is 77.7. The Morgan fingerprint density at radius 1 is 0.415 bits per heavy atom. The molecule has 6 heteroatoms. The van der Waals surface area contributed by atoms with Crippen molar-refractivity contribution in [1.82, 2.24) is 0 Å². The topological polar surface area (TPSA) is 22.9 Å². The predicted molar refractivity (Wildman–Crippen MR) is 353 cm³/mol. The zero-order valence-corrected chi connectivity index (χ0v) is 51.3. The number of nitrogens with zero attached hydrogens (tertiary/aromatic N) is 3. The highest BCUT2D eigenvalue weighted by Gasteiger charge is 2.52. The largest absolute Gasteiger partial charge is 0.468 e. The summed E-state index contributed by atoms with van der Waals surface area (Å²) in [5, 5.41) is 6.63. The first kappa shape index (κ1) is 52.3. The third kappa shape index (κ3) is 7.83. The van der Waals surface area contributed by atoms with Gasteiger partial charge in [0.05, 0.1) is 17.0 Å². The van der Waals surface area contributed by atoms with Crippen molar-refractivity contribution in [2.45, 2.75) is 130 Å². The van der Waals surface area contributed by atoms with Gasteiger partial charge in [-0.15, -0.1) is 0 Å². The van der Waals surface area contributed by atoms with E-state index in [1.807, 2.05) is 0 Å². The Bertz CT molecular complexity index is 4080. The molecule has 14 rings (SSSR count). The molecule has 0 N–H and O–H groups in total. The SMILES string of the molecule is CC(C)(C)c1ccc(N2c3cc4c(cc3B3c5oc6ccc(C(C)(C)C)cc6c5N(c5ccc(C(C)(C)C)cc5)c5cc(N6c7ccccc7[Si](c7ccccc7)(c7ccccc7)c7ccccc76)cc2c53)C(C)(C)CCC4(C)C)cc1.